The monoisotopic (exact) mass is 424 g/mol. The van der Waals surface area contributed by atoms with Crippen LogP contribution in [0.2, 0.25) is 0 Å². The third-order valence-corrected chi connectivity index (χ3v) is 6.04. The molecule has 1 saturated carbocycles. The molecule has 0 spiro atoms. The van der Waals surface area contributed by atoms with Crippen molar-refractivity contribution in [3.05, 3.63) is 71.0 Å². The van der Waals surface area contributed by atoms with E-state index in [4.69, 9.17) is 0 Å². The van der Waals surface area contributed by atoms with E-state index in [1.54, 1.807) is 17.0 Å². The second-order valence-corrected chi connectivity index (χ2v) is 8.58. The van der Waals surface area contributed by atoms with Crippen LogP contribution >= 0.6 is 0 Å². The molecule has 5 heteroatoms. The van der Waals surface area contributed by atoms with E-state index in [1.807, 2.05) is 38.1 Å². The molecular weight excluding hydrogens is 391 g/mol. The molecule has 1 fully saturated rings. The standard InChI is InChI=1S/C26H33FN2O2/c1-3-24(26(31)28-23-10-5-4-6-11-23)29(18-20-12-14-22(27)15-13-20)25(30)17-21-9-7-8-19(2)16-21/h7-9,12-16,23-24H,3-6,10-11,17-18H2,1-2H3,(H,28,31)/t24-/m0/s1. The number of amides is 2. The Morgan fingerprint density at radius 2 is 1.77 bits per heavy atom. The number of halogens is 1. The van der Waals surface area contributed by atoms with Crippen LogP contribution in [0.3, 0.4) is 0 Å². The van der Waals surface area contributed by atoms with Crippen LogP contribution in [-0.4, -0.2) is 28.8 Å². The van der Waals surface area contributed by atoms with Crippen molar-refractivity contribution in [1.82, 2.24) is 10.2 Å². The Labute approximate surface area is 184 Å². The fourth-order valence-electron chi connectivity index (χ4n) is 4.35. The maximum atomic E-state index is 13.4. The van der Waals surface area contributed by atoms with Crippen LogP contribution < -0.4 is 5.32 Å². The molecule has 1 aliphatic rings. The van der Waals surface area contributed by atoms with Gasteiger partial charge in [-0.2, -0.15) is 0 Å². The largest absolute Gasteiger partial charge is 0.352 e. The van der Waals surface area contributed by atoms with E-state index in [1.165, 1.54) is 18.6 Å². The highest BCUT2D eigenvalue weighted by Gasteiger charge is 2.30. The summed E-state index contributed by atoms with van der Waals surface area (Å²) in [7, 11) is 0. The summed E-state index contributed by atoms with van der Waals surface area (Å²) < 4.78 is 13.4. The molecule has 1 atom stereocenters. The van der Waals surface area contributed by atoms with Crippen molar-refractivity contribution >= 4 is 11.8 Å². The van der Waals surface area contributed by atoms with Gasteiger partial charge in [0.05, 0.1) is 6.42 Å². The molecule has 0 saturated heterocycles. The molecule has 0 aromatic heterocycles. The maximum absolute atomic E-state index is 13.4. The summed E-state index contributed by atoms with van der Waals surface area (Å²) in [5.41, 5.74) is 2.83. The van der Waals surface area contributed by atoms with Crippen molar-refractivity contribution in [2.45, 2.75) is 77.4 Å². The maximum Gasteiger partial charge on any atom is 0.243 e. The number of hydrogen-bond acceptors (Lipinski definition) is 2. The second kappa shape index (κ2) is 11.1. The zero-order chi connectivity index (χ0) is 22.2. The fraction of sp³-hybridized carbons (Fsp3) is 0.462. The molecule has 0 heterocycles. The van der Waals surface area contributed by atoms with Crippen LogP contribution in [0.1, 0.15) is 62.1 Å². The van der Waals surface area contributed by atoms with Gasteiger partial charge >= 0.3 is 0 Å². The first-order valence-corrected chi connectivity index (χ1v) is 11.4. The van der Waals surface area contributed by atoms with E-state index in [0.29, 0.717) is 6.42 Å². The topological polar surface area (TPSA) is 49.4 Å². The summed E-state index contributed by atoms with van der Waals surface area (Å²) in [6.45, 7) is 4.21. The zero-order valence-electron chi connectivity index (χ0n) is 18.6. The molecule has 4 nitrogen and oxygen atoms in total. The molecule has 0 bridgehead atoms. The second-order valence-electron chi connectivity index (χ2n) is 8.58. The zero-order valence-corrected chi connectivity index (χ0v) is 18.6. The first kappa shape index (κ1) is 23.0. The summed E-state index contributed by atoms with van der Waals surface area (Å²) >= 11 is 0. The van der Waals surface area contributed by atoms with E-state index in [-0.39, 0.29) is 36.6 Å². The summed E-state index contributed by atoms with van der Waals surface area (Å²) in [5, 5.41) is 3.18. The lowest BCUT2D eigenvalue weighted by Gasteiger charge is -2.33. The summed E-state index contributed by atoms with van der Waals surface area (Å²) in [6, 6.07) is 13.6. The van der Waals surface area contributed by atoms with Crippen LogP contribution in [0, 0.1) is 12.7 Å². The third kappa shape index (κ3) is 6.65. The molecule has 0 unspecified atom stereocenters. The van der Waals surface area contributed by atoms with Gasteiger partial charge in [-0.05, 0) is 49.4 Å². The van der Waals surface area contributed by atoms with Crippen molar-refractivity contribution in [2.75, 3.05) is 0 Å². The van der Waals surface area contributed by atoms with Crippen molar-refractivity contribution in [3.8, 4) is 0 Å². The van der Waals surface area contributed by atoms with Crippen LogP contribution in [0.5, 0.6) is 0 Å². The quantitative estimate of drug-likeness (QED) is 0.653. The van der Waals surface area contributed by atoms with Crippen molar-refractivity contribution in [3.63, 3.8) is 0 Å². The Bertz CT molecular complexity index is 875. The SMILES string of the molecule is CC[C@@H](C(=O)NC1CCCCC1)N(Cc1ccc(F)cc1)C(=O)Cc1cccc(C)c1. The van der Waals surface area contributed by atoms with Gasteiger partial charge < -0.3 is 10.2 Å². The van der Waals surface area contributed by atoms with Gasteiger partial charge in [0.2, 0.25) is 11.8 Å². The smallest absolute Gasteiger partial charge is 0.243 e. The first-order valence-electron chi connectivity index (χ1n) is 11.4. The number of nitrogens with one attached hydrogen (secondary N) is 1. The van der Waals surface area contributed by atoms with E-state index >= 15 is 0 Å². The lowest BCUT2D eigenvalue weighted by atomic mass is 9.95. The Kier molecular flexibility index (Phi) is 8.21. The van der Waals surface area contributed by atoms with Gasteiger partial charge in [-0.15, -0.1) is 0 Å². The van der Waals surface area contributed by atoms with E-state index < -0.39 is 6.04 Å². The van der Waals surface area contributed by atoms with Crippen molar-refractivity contribution in [1.29, 1.82) is 0 Å². The number of carbonyl (C=O) groups excluding carboxylic acids is 2. The minimum Gasteiger partial charge on any atom is -0.352 e. The predicted octanol–water partition coefficient (Wildman–Crippen LogP) is 4.93. The predicted molar refractivity (Wildman–Crippen MR) is 121 cm³/mol. The molecule has 0 aliphatic heterocycles. The molecule has 2 aromatic carbocycles. The molecule has 0 radical (unpaired) electrons. The lowest BCUT2D eigenvalue weighted by Crippen LogP contribution is -2.51. The van der Waals surface area contributed by atoms with E-state index in [0.717, 1.165) is 42.4 Å². The van der Waals surface area contributed by atoms with Crippen LogP contribution in [0.4, 0.5) is 4.39 Å². The molecule has 1 N–H and O–H groups in total. The minimum absolute atomic E-state index is 0.0888. The average Bonchev–Trinajstić information content (AvgIpc) is 2.75. The lowest BCUT2D eigenvalue weighted by molar-refractivity contribution is -0.141. The summed E-state index contributed by atoms with van der Waals surface area (Å²) in [4.78, 5) is 28.2. The van der Waals surface area contributed by atoms with Crippen molar-refractivity contribution in [2.24, 2.45) is 0 Å². The minimum atomic E-state index is -0.552. The highest BCUT2D eigenvalue weighted by atomic mass is 19.1. The Morgan fingerprint density at radius 3 is 2.42 bits per heavy atom. The van der Waals surface area contributed by atoms with Crippen LogP contribution in [0.15, 0.2) is 48.5 Å². The van der Waals surface area contributed by atoms with Crippen LogP contribution in [-0.2, 0) is 22.6 Å². The third-order valence-electron chi connectivity index (χ3n) is 6.04. The van der Waals surface area contributed by atoms with E-state index in [2.05, 4.69) is 5.32 Å². The molecule has 2 amide bonds. The Hall–Kier alpha value is -2.69. The molecule has 1 aliphatic carbocycles. The highest BCUT2D eigenvalue weighted by Crippen LogP contribution is 2.20. The molecule has 31 heavy (non-hydrogen) atoms. The number of nitrogens with zero attached hydrogens (tertiary/aromatic N) is 1. The van der Waals surface area contributed by atoms with Gasteiger partial charge in [-0.25, -0.2) is 4.39 Å². The number of rotatable bonds is 8. The van der Waals surface area contributed by atoms with Gasteiger partial charge in [0.1, 0.15) is 11.9 Å². The van der Waals surface area contributed by atoms with Gasteiger partial charge in [0.15, 0.2) is 0 Å². The Morgan fingerprint density at radius 1 is 1.06 bits per heavy atom. The molecule has 2 aromatic rings. The molecule has 3 rings (SSSR count). The van der Waals surface area contributed by atoms with Crippen LogP contribution in [0.25, 0.3) is 0 Å². The van der Waals surface area contributed by atoms with Gasteiger partial charge in [-0.1, -0.05) is 68.1 Å². The molecule has 166 valence electrons. The van der Waals surface area contributed by atoms with Gasteiger partial charge in [0.25, 0.3) is 0 Å². The number of hydrogen-bond donors (Lipinski definition) is 1. The first-order chi connectivity index (χ1) is 15.0. The summed E-state index contributed by atoms with van der Waals surface area (Å²) in [6.07, 6.45) is 6.24. The number of carbonyl (C=O) groups is 2. The summed E-state index contributed by atoms with van der Waals surface area (Å²) in [5.74, 6) is -0.502. The van der Waals surface area contributed by atoms with Crippen molar-refractivity contribution < 1.29 is 14.0 Å². The number of aryl methyl sites for hydroxylation is 1. The number of benzene rings is 2. The Balaban J connectivity index is 1.80. The van der Waals surface area contributed by atoms with Gasteiger partial charge in [0, 0.05) is 12.6 Å². The fourth-order valence-corrected chi connectivity index (χ4v) is 4.35. The highest BCUT2D eigenvalue weighted by molar-refractivity contribution is 5.88. The normalized spacial score (nSPS) is 15.3. The van der Waals surface area contributed by atoms with Gasteiger partial charge in [-0.3, -0.25) is 9.59 Å². The average molecular weight is 425 g/mol. The molecular formula is C26H33FN2O2. The van der Waals surface area contributed by atoms with E-state index in [9.17, 15) is 14.0 Å².